The van der Waals surface area contributed by atoms with Crippen LogP contribution < -0.4 is 0 Å². The molecule has 0 spiro atoms. The Morgan fingerprint density at radius 2 is 1.80 bits per heavy atom. The summed E-state index contributed by atoms with van der Waals surface area (Å²) in [6, 6.07) is 8.58. The molecule has 3 heterocycles. The Balaban J connectivity index is 1.31. The first-order valence-electron chi connectivity index (χ1n) is 9.63. The van der Waals surface area contributed by atoms with E-state index in [1.165, 1.54) is 24.0 Å². The molecule has 3 aliphatic heterocycles. The van der Waals surface area contributed by atoms with Gasteiger partial charge in [0.05, 0.1) is 18.7 Å². The standard InChI is InChI=1S/C20H29N3O2/c24-19(14-21-9-3-4-10-21)23-12-8-20(25,16-23)15-22-11-7-17-5-1-2-6-18(17)13-22/h1-2,5-6,25H,3-4,7-16H2/t20-/m1/s1. The largest absolute Gasteiger partial charge is 0.387 e. The van der Waals surface area contributed by atoms with E-state index < -0.39 is 5.60 Å². The Bertz CT molecular complexity index is 629. The number of β-amino-alcohol motifs (C(OH)–C–C–N with tert-alkyl or cyclic N) is 1. The normalized spacial score (nSPS) is 27.6. The van der Waals surface area contributed by atoms with Gasteiger partial charge in [-0.15, -0.1) is 0 Å². The Kier molecular flexibility index (Phi) is 4.80. The van der Waals surface area contributed by atoms with Gasteiger partial charge in [-0.05, 0) is 49.9 Å². The molecule has 2 fully saturated rings. The van der Waals surface area contributed by atoms with Crippen molar-refractivity contribution in [1.82, 2.24) is 14.7 Å². The average Bonchev–Trinajstić information content (AvgIpc) is 3.24. The molecule has 0 unspecified atom stereocenters. The van der Waals surface area contributed by atoms with E-state index in [0.29, 0.717) is 32.6 Å². The highest BCUT2D eigenvalue weighted by Crippen LogP contribution is 2.26. The number of hydrogen-bond acceptors (Lipinski definition) is 4. The number of benzene rings is 1. The highest BCUT2D eigenvalue weighted by molar-refractivity contribution is 5.78. The van der Waals surface area contributed by atoms with Gasteiger partial charge in [0.1, 0.15) is 0 Å². The predicted octanol–water partition coefficient (Wildman–Crippen LogP) is 1.10. The average molecular weight is 343 g/mol. The highest BCUT2D eigenvalue weighted by Gasteiger charge is 2.40. The Hall–Kier alpha value is -1.43. The van der Waals surface area contributed by atoms with Gasteiger partial charge < -0.3 is 10.0 Å². The molecule has 1 N–H and O–H groups in total. The molecule has 0 bridgehead atoms. The van der Waals surface area contributed by atoms with Crippen molar-refractivity contribution in [2.24, 2.45) is 0 Å². The summed E-state index contributed by atoms with van der Waals surface area (Å²) in [5.41, 5.74) is 2.05. The molecule has 5 nitrogen and oxygen atoms in total. The third-order valence-electron chi connectivity index (χ3n) is 5.97. The molecule has 1 amide bonds. The zero-order valence-electron chi connectivity index (χ0n) is 15.0. The number of hydrogen-bond donors (Lipinski definition) is 1. The van der Waals surface area contributed by atoms with Crippen LogP contribution in [0.3, 0.4) is 0 Å². The fourth-order valence-corrected chi connectivity index (χ4v) is 4.54. The van der Waals surface area contributed by atoms with Crippen LogP contribution in [0, 0.1) is 0 Å². The van der Waals surface area contributed by atoms with E-state index in [2.05, 4.69) is 34.1 Å². The van der Waals surface area contributed by atoms with Crippen LogP contribution in [0.4, 0.5) is 0 Å². The van der Waals surface area contributed by atoms with Crippen molar-refractivity contribution in [1.29, 1.82) is 0 Å². The fraction of sp³-hybridized carbons (Fsp3) is 0.650. The van der Waals surface area contributed by atoms with E-state index in [0.717, 1.165) is 32.6 Å². The van der Waals surface area contributed by atoms with Gasteiger partial charge >= 0.3 is 0 Å². The monoisotopic (exact) mass is 343 g/mol. The van der Waals surface area contributed by atoms with Crippen LogP contribution in [-0.4, -0.2) is 77.1 Å². The number of amides is 1. The second-order valence-electron chi connectivity index (χ2n) is 8.00. The van der Waals surface area contributed by atoms with E-state index in [-0.39, 0.29) is 5.91 Å². The zero-order valence-corrected chi connectivity index (χ0v) is 15.0. The van der Waals surface area contributed by atoms with Crippen LogP contribution in [0.5, 0.6) is 0 Å². The Labute approximate surface area is 150 Å². The van der Waals surface area contributed by atoms with Crippen LogP contribution in [0.25, 0.3) is 0 Å². The lowest BCUT2D eigenvalue weighted by Gasteiger charge is -2.34. The third kappa shape index (κ3) is 3.89. The summed E-state index contributed by atoms with van der Waals surface area (Å²) in [4.78, 5) is 19.0. The number of nitrogens with zero attached hydrogens (tertiary/aromatic N) is 3. The molecule has 136 valence electrons. The van der Waals surface area contributed by atoms with Crippen LogP contribution in [0.1, 0.15) is 30.4 Å². The lowest BCUT2D eigenvalue weighted by molar-refractivity contribution is -0.132. The molecule has 1 atom stereocenters. The van der Waals surface area contributed by atoms with Crippen LogP contribution in [0.15, 0.2) is 24.3 Å². The summed E-state index contributed by atoms with van der Waals surface area (Å²) in [5.74, 6) is 0.182. The smallest absolute Gasteiger partial charge is 0.236 e. The van der Waals surface area contributed by atoms with Crippen LogP contribution >= 0.6 is 0 Å². The summed E-state index contributed by atoms with van der Waals surface area (Å²) < 4.78 is 0. The second kappa shape index (κ2) is 7.06. The molecule has 0 aromatic heterocycles. The molecular weight excluding hydrogens is 314 g/mol. The number of fused-ring (bicyclic) bond motifs is 1. The number of carbonyl (C=O) groups excluding carboxylic acids is 1. The molecule has 0 aliphatic carbocycles. The van der Waals surface area contributed by atoms with Gasteiger partial charge in [-0.25, -0.2) is 0 Å². The van der Waals surface area contributed by atoms with Crippen LogP contribution in [0.2, 0.25) is 0 Å². The minimum atomic E-state index is -0.757. The molecule has 1 aromatic rings. The Morgan fingerprint density at radius 3 is 2.60 bits per heavy atom. The molecule has 4 rings (SSSR count). The maximum Gasteiger partial charge on any atom is 0.236 e. The number of carbonyl (C=O) groups is 1. The fourth-order valence-electron chi connectivity index (χ4n) is 4.54. The zero-order chi connectivity index (χ0) is 17.3. The van der Waals surface area contributed by atoms with Crippen molar-refractivity contribution >= 4 is 5.91 Å². The maximum atomic E-state index is 12.5. The van der Waals surface area contributed by atoms with Crippen molar-refractivity contribution in [3.63, 3.8) is 0 Å². The summed E-state index contributed by atoms with van der Waals surface area (Å²) in [6.45, 7) is 6.32. The van der Waals surface area contributed by atoms with E-state index in [9.17, 15) is 9.90 Å². The molecule has 1 aromatic carbocycles. The van der Waals surface area contributed by atoms with E-state index in [1.54, 1.807) is 0 Å². The summed E-state index contributed by atoms with van der Waals surface area (Å²) in [5, 5.41) is 11.0. The minimum absolute atomic E-state index is 0.182. The molecule has 2 saturated heterocycles. The van der Waals surface area contributed by atoms with Gasteiger partial charge in [0.15, 0.2) is 0 Å². The van der Waals surface area contributed by atoms with E-state index in [1.807, 2.05) is 4.90 Å². The van der Waals surface area contributed by atoms with Gasteiger partial charge in [-0.3, -0.25) is 14.6 Å². The first-order valence-corrected chi connectivity index (χ1v) is 9.63. The van der Waals surface area contributed by atoms with Crippen molar-refractivity contribution in [2.45, 2.75) is 37.8 Å². The predicted molar refractivity (Wildman–Crippen MR) is 97.2 cm³/mol. The Morgan fingerprint density at radius 1 is 1.04 bits per heavy atom. The molecule has 5 heteroatoms. The minimum Gasteiger partial charge on any atom is -0.387 e. The summed E-state index contributed by atoms with van der Waals surface area (Å²) in [7, 11) is 0. The first-order chi connectivity index (χ1) is 12.1. The summed E-state index contributed by atoms with van der Waals surface area (Å²) >= 11 is 0. The molecule has 3 aliphatic rings. The van der Waals surface area contributed by atoms with Gasteiger partial charge in [0.2, 0.25) is 5.91 Å². The lowest BCUT2D eigenvalue weighted by Crippen LogP contribution is -2.48. The van der Waals surface area contributed by atoms with E-state index in [4.69, 9.17) is 0 Å². The van der Waals surface area contributed by atoms with Gasteiger partial charge in [-0.2, -0.15) is 0 Å². The second-order valence-corrected chi connectivity index (χ2v) is 8.00. The van der Waals surface area contributed by atoms with Gasteiger partial charge in [0, 0.05) is 26.2 Å². The lowest BCUT2D eigenvalue weighted by atomic mass is 9.97. The quantitative estimate of drug-likeness (QED) is 0.890. The first kappa shape index (κ1) is 17.0. The number of likely N-dealkylation sites (tertiary alicyclic amines) is 2. The van der Waals surface area contributed by atoms with Crippen LogP contribution in [-0.2, 0) is 17.8 Å². The number of rotatable bonds is 4. The highest BCUT2D eigenvalue weighted by atomic mass is 16.3. The molecule has 25 heavy (non-hydrogen) atoms. The van der Waals surface area contributed by atoms with Gasteiger partial charge in [-0.1, -0.05) is 24.3 Å². The van der Waals surface area contributed by atoms with Crippen molar-refractivity contribution in [2.75, 3.05) is 45.8 Å². The van der Waals surface area contributed by atoms with Gasteiger partial charge in [0.25, 0.3) is 0 Å². The van der Waals surface area contributed by atoms with Crippen molar-refractivity contribution in [3.05, 3.63) is 35.4 Å². The molecular formula is C20H29N3O2. The van der Waals surface area contributed by atoms with Crippen molar-refractivity contribution < 1.29 is 9.90 Å². The molecule has 0 saturated carbocycles. The van der Waals surface area contributed by atoms with Crippen molar-refractivity contribution in [3.8, 4) is 0 Å². The maximum absolute atomic E-state index is 12.5. The van der Waals surface area contributed by atoms with E-state index >= 15 is 0 Å². The SMILES string of the molecule is O=C(CN1CCCC1)N1CC[C@@](O)(CN2CCc3ccccc3C2)C1. The summed E-state index contributed by atoms with van der Waals surface area (Å²) in [6.07, 6.45) is 4.14. The molecule has 0 radical (unpaired) electrons. The third-order valence-corrected chi connectivity index (χ3v) is 5.97. The number of aliphatic hydroxyl groups is 1. The topological polar surface area (TPSA) is 47.0 Å².